The molecule has 0 aliphatic rings. The number of ether oxygens (including phenoxy) is 1. The Morgan fingerprint density at radius 1 is 1.45 bits per heavy atom. The van der Waals surface area contributed by atoms with Gasteiger partial charge >= 0.3 is 6.03 Å². The Kier molecular flexibility index (Phi) is 6.46. The maximum absolute atomic E-state index is 12.1. The molecule has 0 bridgehead atoms. The van der Waals surface area contributed by atoms with Crippen LogP contribution in [0.2, 0.25) is 0 Å². The molecule has 1 rings (SSSR count). The van der Waals surface area contributed by atoms with Gasteiger partial charge in [0.05, 0.1) is 6.61 Å². The lowest BCUT2D eigenvalue weighted by Gasteiger charge is -2.21. The van der Waals surface area contributed by atoms with E-state index in [1.807, 2.05) is 0 Å². The van der Waals surface area contributed by atoms with E-state index in [9.17, 15) is 9.59 Å². The molecule has 0 radical (unpaired) electrons. The van der Waals surface area contributed by atoms with Crippen molar-refractivity contribution < 1.29 is 14.3 Å². The molecule has 0 saturated carbocycles. The third kappa shape index (κ3) is 4.85. The Morgan fingerprint density at radius 2 is 2.20 bits per heavy atom. The second kappa shape index (κ2) is 8.12. The second-order valence-corrected chi connectivity index (χ2v) is 4.29. The van der Waals surface area contributed by atoms with E-state index >= 15 is 0 Å². The van der Waals surface area contributed by atoms with Gasteiger partial charge in [-0.3, -0.25) is 4.79 Å². The van der Waals surface area contributed by atoms with Crippen molar-refractivity contribution in [3.8, 4) is 0 Å². The summed E-state index contributed by atoms with van der Waals surface area (Å²) >= 11 is 0. The predicted molar refractivity (Wildman–Crippen MR) is 79.1 cm³/mol. The van der Waals surface area contributed by atoms with Crippen molar-refractivity contribution in [2.75, 3.05) is 32.1 Å². The average Bonchev–Trinajstić information content (AvgIpc) is 2.43. The lowest BCUT2D eigenvalue weighted by Crippen LogP contribution is -2.37. The van der Waals surface area contributed by atoms with Crippen molar-refractivity contribution in [3.63, 3.8) is 0 Å². The number of nitrogens with zero attached hydrogens (tertiary/aromatic N) is 1. The SMILES string of the molecule is C=CCN(CCOC)C(=O)Nc1cccc(C(C)=O)c1. The van der Waals surface area contributed by atoms with Crippen molar-refractivity contribution in [1.82, 2.24) is 4.90 Å². The van der Waals surface area contributed by atoms with E-state index in [2.05, 4.69) is 11.9 Å². The summed E-state index contributed by atoms with van der Waals surface area (Å²) in [6.07, 6.45) is 1.65. The Hall–Kier alpha value is -2.14. The van der Waals surface area contributed by atoms with E-state index < -0.39 is 0 Å². The number of ketones is 1. The summed E-state index contributed by atoms with van der Waals surface area (Å²) < 4.78 is 4.97. The molecular weight excluding hydrogens is 256 g/mol. The van der Waals surface area contributed by atoms with Gasteiger partial charge in [-0.05, 0) is 19.1 Å². The van der Waals surface area contributed by atoms with Crippen molar-refractivity contribution in [2.45, 2.75) is 6.92 Å². The molecule has 108 valence electrons. The predicted octanol–water partition coefficient (Wildman–Crippen LogP) is 2.56. The number of hydrogen-bond donors (Lipinski definition) is 1. The fourth-order valence-electron chi connectivity index (χ4n) is 1.65. The molecule has 1 aromatic rings. The molecule has 5 heteroatoms. The smallest absolute Gasteiger partial charge is 0.322 e. The number of rotatable bonds is 7. The highest BCUT2D eigenvalue weighted by molar-refractivity contribution is 5.96. The van der Waals surface area contributed by atoms with Crippen LogP contribution in [0.4, 0.5) is 10.5 Å². The quantitative estimate of drug-likeness (QED) is 0.615. The number of methoxy groups -OCH3 is 1. The highest BCUT2D eigenvalue weighted by atomic mass is 16.5. The molecule has 0 aliphatic carbocycles. The summed E-state index contributed by atoms with van der Waals surface area (Å²) in [6.45, 7) is 6.48. The van der Waals surface area contributed by atoms with Gasteiger partial charge in [0.15, 0.2) is 5.78 Å². The van der Waals surface area contributed by atoms with E-state index in [0.717, 1.165) is 0 Å². The summed E-state index contributed by atoms with van der Waals surface area (Å²) in [7, 11) is 1.58. The van der Waals surface area contributed by atoms with Gasteiger partial charge in [0, 0.05) is 31.5 Å². The molecular formula is C15H20N2O3. The number of carbonyl (C=O) groups excluding carboxylic acids is 2. The molecule has 2 amide bonds. The lowest BCUT2D eigenvalue weighted by atomic mass is 10.1. The highest BCUT2D eigenvalue weighted by Crippen LogP contribution is 2.12. The molecule has 0 aliphatic heterocycles. The monoisotopic (exact) mass is 276 g/mol. The second-order valence-electron chi connectivity index (χ2n) is 4.29. The largest absolute Gasteiger partial charge is 0.383 e. The summed E-state index contributed by atoms with van der Waals surface area (Å²) in [5, 5.41) is 2.76. The van der Waals surface area contributed by atoms with Crippen LogP contribution in [0.15, 0.2) is 36.9 Å². The zero-order valence-corrected chi connectivity index (χ0v) is 11.9. The number of nitrogens with one attached hydrogen (secondary N) is 1. The Balaban J connectivity index is 2.73. The third-order valence-corrected chi connectivity index (χ3v) is 2.72. The van der Waals surface area contributed by atoms with E-state index in [0.29, 0.717) is 30.9 Å². The molecule has 1 aromatic carbocycles. The van der Waals surface area contributed by atoms with E-state index in [1.165, 1.54) is 6.92 Å². The zero-order valence-electron chi connectivity index (χ0n) is 11.9. The Bertz CT molecular complexity index is 486. The Labute approximate surface area is 119 Å². The normalized spacial score (nSPS) is 9.90. The fourth-order valence-corrected chi connectivity index (χ4v) is 1.65. The van der Waals surface area contributed by atoms with Gasteiger partial charge in [-0.2, -0.15) is 0 Å². The molecule has 0 unspecified atom stereocenters. The Morgan fingerprint density at radius 3 is 2.80 bits per heavy atom. The maximum Gasteiger partial charge on any atom is 0.322 e. The first-order valence-corrected chi connectivity index (χ1v) is 6.35. The maximum atomic E-state index is 12.1. The third-order valence-electron chi connectivity index (χ3n) is 2.72. The van der Waals surface area contributed by atoms with Gasteiger partial charge in [0.2, 0.25) is 0 Å². The number of Topliss-reactive ketones (excluding diaryl/α,β-unsaturated/α-hetero) is 1. The molecule has 0 saturated heterocycles. The van der Waals surface area contributed by atoms with Crippen LogP contribution in [0.25, 0.3) is 0 Å². The van der Waals surface area contributed by atoms with Crippen LogP contribution in [-0.4, -0.2) is 43.5 Å². The number of carbonyl (C=O) groups is 2. The molecule has 0 atom stereocenters. The molecule has 0 aromatic heterocycles. The minimum Gasteiger partial charge on any atom is -0.383 e. The number of urea groups is 1. The average molecular weight is 276 g/mol. The summed E-state index contributed by atoms with van der Waals surface area (Å²) in [4.78, 5) is 25.0. The van der Waals surface area contributed by atoms with Gasteiger partial charge in [-0.15, -0.1) is 6.58 Å². The van der Waals surface area contributed by atoms with Gasteiger partial charge in [-0.25, -0.2) is 4.79 Å². The zero-order chi connectivity index (χ0) is 15.0. The van der Waals surface area contributed by atoms with Crippen LogP contribution in [0.5, 0.6) is 0 Å². The fraction of sp³-hybridized carbons (Fsp3) is 0.333. The first kappa shape index (κ1) is 15.9. The van der Waals surface area contributed by atoms with Crippen LogP contribution in [0.1, 0.15) is 17.3 Å². The molecule has 5 nitrogen and oxygen atoms in total. The first-order chi connectivity index (χ1) is 9.58. The van der Waals surface area contributed by atoms with Crippen molar-refractivity contribution >= 4 is 17.5 Å². The van der Waals surface area contributed by atoms with Crippen LogP contribution in [0.3, 0.4) is 0 Å². The molecule has 20 heavy (non-hydrogen) atoms. The van der Waals surface area contributed by atoms with E-state index in [4.69, 9.17) is 4.74 Å². The van der Waals surface area contributed by atoms with E-state index in [1.54, 1.807) is 42.4 Å². The number of hydrogen-bond acceptors (Lipinski definition) is 3. The molecule has 0 fully saturated rings. The molecule has 1 N–H and O–H groups in total. The summed E-state index contributed by atoms with van der Waals surface area (Å²) in [5.41, 5.74) is 1.16. The number of amides is 2. The summed E-state index contributed by atoms with van der Waals surface area (Å²) in [5.74, 6) is -0.0385. The standard InChI is InChI=1S/C15H20N2O3/c1-4-8-17(9-10-20-3)15(19)16-14-7-5-6-13(11-14)12(2)18/h4-7,11H,1,8-10H2,2-3H3,(H,16,19). The van der Waals surface area contributed by atoms with Crippen LogP contribution >= 0.6 is 0 Å². The van der Waals surface area contributed by atoms with Crippen LogP contribution in [0, 0.1) is 0 Å². The molecule has 0 spiro atoms. The van der Waals surface area contributed by atoms with E-state index in [-0.39, 0.29) is 11.8 Å². The van der Waals surface area contributed by atoms with Gasteiger partial charge in [0.1, 0.15) is 0 Å². The van der Waals surface area contributed by atoms with Crippen molar-refractivity contribution in [1.29, 1.82) is 0 Å². The van der Waals surface area contributed by atoms with Crippen molar-refractivity contribution in [2.24, 2.45) is 0 Å². The minimum absolute atomic E-state index is 0.0385. The van der Waals surface area contributed by atoms with Gasteiger partial charge in [0.25, 0.3) is 0 Å². The number of anilines is 1. The highest BCUT2D eigenvalue weighted by Gasteiger charge is 2.12. The first-order valence-electron chi connectivity index (χ1n) is 6.35. The summed E-state index contributed by atoms with van der Waals surface area (Å²) in [6, 6.07) is 6.60. The van der Waals surface area contributed by atoms with Gasteiger partial charge in [-0.1, -0.05) is 18.2 Å². The minimum atomic E-state index is -0.248. The topological polar surface area (TPSA) is 58.6 Å². The molecule has 0 heterocycles. The van der Waals surface area contributed by atoms with Gasteiger partial charge < -0.3 is 15.0 Å². The van der Waals surface area contributed by atoms with Crippen LogP contribution < -0.4 is 5.32 Å². The van der Waals surface area contributed by atoms with Crippen molar-refractivity contribution in [3.05, 3.63) is 42.5 Å². The number of benzene rings is 1. The lowest BCUT2D eigenvalue weighted by molar-refractivity contribution is 0.101. The van der Waals surface area contributed by atoms with Crippen LogP contribution in [-0.2, 0) is 4.74 Å².